The molecule has 2 N–H and O–H groups in total. The lowest BCUT2D eigenvalue weighted by Crippen LogP contribution is -2.45. The summed E-state index contributed by atoms with van der Waals surface area (Å²) < 4.78 is 16.5. The molecular formula is C21H27IN4O3. The summed E-state index contributed by atoms with van der Waals surface area (Å²) in [5, 5.41) is 6.82. The van der Waals surface area contributed by atoms with E-state index in [1.54, 1.807) is 7.05 Å². The van der Waals surface area contributed by atoms with Gasteiger partial charge in [0.1, 0.15) is 12.4 Å². The lowest BCUT2D eigenvalue weighted by atomic mass is 10.3. The molecule has 1 saturated heterocycles. The predicted molar refractivity (Wildman–Crippen MR) is 125 cm³/mol. The lowest BCUT2D eigenvalue weighted by Gasteiger charge is -2.20. The molecule has 0 radical (unpaired) electrons. The fourth-order valence-electron chi connectivity index (χ4n) is 3.44. The van der Waals surface area contributed by atoms with Crippen LogP contribution in [-0.4, -0.2) is 52.1 Å². The largest absolute Gasteiger partial charge is 0.492 e. The average molecular weight is 510 g/mol. The normalized spacial score (nSPS) is 17.6. The summed E-state index contributed by atoms with van der Waals surface area (Å²) in [5.41, 5.74) is 1.27. The van der Waals surface area contributed by atoms with Crippen LogP contribution in [0.1, 0.15) is 6.42 Å². The summed E-state index contributed by atoms with van der Waals surface area (Å²) in [7, 11) is 1.79. The van der Waals surface area contributed by atoms with Crippen LogP contribution in [0.2, 0.25) is 0 Å². The average Bonchev–Trinajstić information content (AvgIpc) is 3.40. The molecular weight excluding hydrogens is 483 g/mol. The van der Waals surface area contributed by atoms with Crippen molar-refractivity contribution in [2.45, 2.75) is 12.5 Å². The van der Waals surface area contributed by atoms with E-state index in [9.17, 15) is 0 Å². The highest BCUT2D eigenvalue weighted by atomic mass is 127. The molecule has 8 heteroatoms. The molecule has 2 aliphatic heterocycles. The molecule has 2 aromatic rings. The van der Waals surface area contributed by atoms with E-state index in [1.165, 1.54) is 5.69 Å². The molecule has 2 aromatic carbocycles. The molecule has 0 bridgehead atoms. The molecule has 0 spiro atoms. The van der Waals surface area contributed by atoms with Gasteiger partial charge in [-0.15, -0.1) is 24.0 Å². The zero-order valence-corrected chi connectivity index (χ0v) is 18.8. The van der Waals surface area contributed by atoms with Gasteiger partial charge in [0.25, 0.3) is 0 Å². The van der Waals surface area contributed by atoms with E-state index in [4.69, 9.17) is 14.2 Å². The maximum Gasteiger partial charge on any atom is 0.231 e. The second-order valence-corrected chi connectivity index (χ2v) is 6.77. The number of benzene rings is 2. The Labute approximate surface area is 188 Å². The predicted octanol–water partition coefficient (Wildman–Crippen LogP) is 2.86. The van der Waals surface area contributed by atoms with Gasteiger partial charge < -0.3 is 29.7 Å². The molecule has 7 nitrogen and oxygen atoms in total. The Balaban J connectivity index is 0.00000240. The van der Waals surface area contributed by atoms with Crippen molar-refractivity contribution in [3.05, 3.63) is 48.5 Å². The number of aliphatic imine (C=N–C) groups is 1. The number of fused-ring (bicyclic) bond motifs is 1. The van der Waals surface area contributed by atoms with Gasteiger partial charge in [0.2, 0.25) is 6.79 Å². The van der Waals surface area contributed by atoms with Gasteiger partial charge in [-0.25, -0.2) is 0 Å². The van der Waals surface area contributed by atoms with Gasteiger partial charge in [0.05, 0.1) is 6.54 Å². The Kier molecular flexibility index (Phi) is 7.68. The number of hydrogen-bond donors (Lipinski definition) is 2. The van der Waals surface area contributed by atoms with E-state index in [0.29, 0.717) is 19.2 Å². The summed E-state index contributed by atoms with van der Waals surface area (Å²) >= 11 is 0. The van der Waals surface area contributed by atoms with Crippen molar-refractivity contribution in [2.75, 3.05) is 45.0 Å². The highest BCUT2D eigenvalue weighted by molar-refractivity contribution is 14.0. The Morgan fingerprint density at radius 3 is 2.83 bits per heavy atom. The first-order chi connectivity index (χ1) is 13.8. The summed E-state index contributed by atoms with van der Waals surface area (Å²) in [5.74, 6) is 3.06. The quantitative estimate of drug-likeness (QED) is 0.270. The van der Waals surface area contributed by atoms with E-state index >= 15 is 0 Å². The molecule has 1 atom stereocenters. The fourth-order valence-corrected chi connectivity index (χ4v) is 3.44. The topological polar surface area (TPSA) is 67.4 Å². The Bertz CT molecular complexity index is 819. The van der Waals surface area contributed by atoms with E-state index in [1.807, 2.05) is 24.3 Å². The van der Waals surface area contributed by atoms with E-state index < -0.39 is 0 Å². The van der Waals surface area contributed by atoms with Crippen LogP contribution in [0.5, 0.6) is 17.2 Å². The van der Waals surface area contributed by atoms with Crippen LogP contribution in [0.15, 0.2) is 53.5 Å². The smallest absolute Gasteiger partial charge is 0.231 e. The lowest BCUT2D eigenvalue weighted by molar-refractivity contribution is 0.173. The molecule has 156 valence electrons. The molecule has 0 amide bonds. The molecule has 2 aliphatic rings. The SMILES string of the molecule is CN=C(NCCOc1ccc2c(c1)OCO2)NC1CCN(c2ccccc2)C1.I. The summed E-state index contributed by atoms with van der Waals surface area (Å²) in [6.45, 7) is 3.47. The molecule has 0 saturated carbocycles. The summed E-state index contributed by atoms with van der Waals surface area (Å²) in [4.78, 5) is 6.72. The van der Waals surface area contributed by atoms with E-state index in [0.717, 1.165) is 42.7 Å². The first-order valence-electron chi connectivity index (χ1n) is 9.61. The monoisotopic (exact) mass is 510 g/mol. The zero-order valence-electron chi connectivity index (χ0n) is 16.5. The first-order valence-corrected chi connectivity index (χ1v) is 9.61. The Hall–Kier alpha value is -2.36. The summed E-state index contributed by atoms with van der Waals surface area (Å²) in [6.07, 6.45) is 1.09. The van der Waals surface area contributed by atoms with Gasteiger partial charge in [-0.05, 0) is 30.7 Å². The van der Waals surface area contributed by atoms with Crippen molar-refractivity contribution in [3.63, 3.8) is 0 Å². The van der Waals surface area contributed by atoms with Crippen LogP contribution in [-0.2, 0) is 0 Å². The molecule has 1 fully saturated rings. The van der Waals surface area contributed by atoms with Gasteiger partial charge in [0.15, 0.2) is 17.5 Å². The molecule has 29 heavy (non-hydrogen) atoms. The van der Waals surface area contributed by atoms with Crippen molar-refractivity contribution < 1.29 is 14.2 Å². The zero-order chi connectivity index (χ0) is 19.2. The number of guanidine groups is 1. The van der Waals surface area contributed by atoms with Gasteiger partial charge in [-0.1, -0.05) is 18.2 Å². The van der Waals surface area contributed by atoms with E-state index in [-0.39, 0.29) is 30.8 Å². The summed E-state index contributed by atoms with van der Waals surface area (Å²) in [6, 6.07) is 16.5. The maximum absolute atomic E-state index is 5.78. The molecule has 2 heterocycles. The molecule has 0 aliphatic carbocycles. The van der Waals surface area contributed by atoms with Crippen LogP contribution >= 0.6 is 24.0 Å². The number of rotatable bonds is 6. The standard InChI is InChI=1S/C21H26N4O3.HI/c1-22-21(24-16-9-11-25(14-16)17-5-3-2-4-6-17)23-10-12-26-18-7-8-19-20(13-18)28-15-27-19;/h2-8,13,16H,9-12,14-15H2,1H3,(H2,22,23,24);1H. The van der Waals surface area contributed by atoms with Crippen LogP contribution in [0.3, 0.4) is 0 Å². The Morgan fingerprint density at radius 1 is 1.17 bits per heavy atom. The van der Waals surface area contributed by atoms with Gasteiger partial charge >= 0.3 is 0 Å². The number of ether oxygens (including phenoxy) is 3. The molecule has 0 aromatic heterocycles. The Morgan fingerprint density at radius 2 is 2.00 bits per heavy atom. The molecule has 4 rings (SSSR count). The van der Waals surface area contributed by atoms with E-state index in [2.05, 4.69) is 44.8 Å². The highest BCUT2D eigenvalue weighted by Crippen LogP contribution is 2.34. The fraction of sp³-hybridized carbons (Fsp3) is 0.381. The van der Waals surface area contributed by atoms with Crippen molar-refractivity contribution in [2.24, 2.45) is 4.99 Å². The molecule has 1 unspecified atom stereocenters. The number of hydrogen-bond acceptors (Lipinski definition) is 5. The minimum absolute atomic E-state index is 0. The van der Waals surface area contributed by atoms with Crippen LogP contribution in [0.25, 0.3) is 0 Å². The third-order valence-corrected chi connectivity index (χ3v) is 4.88. The van der Waals surface area contributed by atoms with Gasteiger partial charge in [-0.2, -0.15) is 0 Å². The minimum Gasteiger partial charge on any atom is -0.492 e. The maximum atomic E-state index is 5.78. The van der Waals surface area contributed by atoms with Crippen LogP contribution in [0.4, 0.5) is 5.69 Å². The first kappa shape index (κ1) is 21.4. The number of para-hydroxylation sites is 1. The van der Waals surface area contributed by atoms with Gasteiger partial charge in [0, 0.05) is 37.9 Å². The van der Waals surface area contributed by atoms with Gasteiger partial charge in [-0.3, -0.25) is 4.99 Å². The second kappa shape index (κ2) is 10.4. The van der Waals surface area contributed by atoms with Crippen molar-refractivity contribution in [1.29, 1.82) is 0 Å². The minimum atomic E-state index is 0. The third-order valence-electron chi connectivity index (χ3n) is 4.88. The number of nitrogens with one attached hydrogen (secondary N) is 2. The van der Waals surface area contributed by atoms with Crippen molar-refractivity contribution in [1.82, 2.24) is 10.6 Å². The van der Waals surface area contributed by atoms with Crippen LogP contribution in [0, 0.1) is 0 Å². The second-order valence-electron chi connectivity index (χ2n) is 6.77. The third kappa shape index (κ3) is 5.59. The number of halogens is 1. The number of anilines is 1. The van der Waals surface area contributed by atoms with Crippen molar-refractivity contribution in [3.8, 4) is 17.2 Å². The van der Waals surface area contributed by atoms with Crippen molar-refractivity contribution >= 4 is 35.6 Å². The van der Waals surface area contributed by atoms with Crippen LogP contribution < -0.4 is 29.7 Å². The number of nitrogens with zero attached hydrogens (tertiary/aromatic N) is 2. The highest BCUT2D eigenvalue weighted by Gasteiger charge is 2.23.